The molecule has 0 spiro atoms. The highest BCUT2D eigenvalue weighted by atomic mass is 16.5. The number of hydrogen-bond acceptors (Lipinski definition) is 8. The molecule has 2 N–H and O–H groups in total. The van der Waals surface area contributed by atoms with Gasteiger partial charge in [0.25, 0.3) is 5.56 Å². The number of amides is 1. The lowest BCUT2D eigenvalue weighted by Crippen LogP contribution is -2.61. The van der Waals surface area contributed by atoms with E-state index in [4.69, 9.17) is 0 Å². The molecule has 0 fully saturated rings. The molecule has 0 aliphatic carbocycles. The maximum Gasteiger partial charge on any atom is 0.331 e. The van der Waals surface area contributed by atoms with Crippen molar-refractivity contribution < 1.29 is 23.9 Å². The van der Waals surface area contributed by atoms with Gasteiger partial charge in [0.2, 0.25) is 6.41 Å². The van der Waals surface area contributed by atoms with Gasteiger partial charge < -0.3 is 14.8 Å². The minimum Gasteiger partial charge on any atom is -0.467 e. The van der Waals surface area contributed by atoms with E-state index in [0.29, 0.717) is 0 Å². The average Bonchev–Trinajstić information content (AvgIpc) is 2.56. The van der Waals surface area contributed by atoms with Crippen molar-refractivity contribution in [3.05, 3.63) is 20.8 Å². The fourth-order valence-electron chi connectivity index (χ4n) is 2.34. The number of aromatic amines is 1. The molecule has 0 radical (unpaired) electrons. The van der Waals surface area contributed by atoms with Gasteiger partial charge in [-0.05, 0) is 0 Å². The second-order valence-electron chi connectivity index (χ2n) is 4.64. The van der Waals surface area contributed by atoms with Gasteiger partial charge in [-0.1, -0.05) is 0 Å². The number of hydrogen-bond donors (Lipinski definition) is 2. The third-order valence-electron chi connectivity index (χ3n) is 3.48. The summed E-state index contributed by atoms with van der Waals surface area (Å²) in [6.45, 7) is 0. The van der Waals surface area contributed by atoms with Crippen LogP contribution in [0.25, 0.3) is 0 Å². The fourth-order valence-corrected chi connectivity index (χ4v) is 2.34. The van der Waals surface area contributed by atoms with E-state index in [0.717, 1.165) is 23.7 Å². The van der Waals surface area contributed by atoms with E-state index in [1.807, 2.05) is 4.98 Å². The van der Waals surface area contributed by atoms with Gasteiger partial charge in [-0.15, -0.1) is 0 Å². The van der Waals surface area contributed by atoms with Crippen LogP contribution in [0.1, 0.15) is 0 Å². The van der Waals surface area contributed by atoms with Gasteiger partial charge in [0.05, 0.1) is 14.2 Å². The van der Waals surface area contributed by atoms with Crippen molar-refractivity contribution in [1.29, 1.82) is 0 Å². The third kappa shape index (κ3) is 2.45. The Hall–Kier alpha value is -3.11. The predicted octanol–water partition coefficient (Wildman–Crippen LogP) is -2.45. The summed E-state index contributed by atoms with van der Waals surface area (Å²) in [5.74, 6) is -1.90. The van der Waals surface area contributed by atoms with Gasteiger partial charge in [-0.2, -0.15) is 0 Å². The molecular formula is C12H14N4O7. The number of fused-ring (bicyclic) bond motifs is 1. The Morgan fingerprint density at radius 2 is 1.78 bits per heavy atom. The number of nitrogens with one attached hydrogen (secondary N) is 2. The van der Waals surface area contributed by atoms with E-state index >= 15 is 0 Å². The highest BCUT2D eigenvalue weighted by molar-refractivity contribution is 6.00. The van der Waals surface area contributed by atoms with Crippen molar-refractivity contribution in [2.24, 2.45) is 7.05 Å². The van der Waals surface area contributed by atoms with Crippen molar-refractivity contribution in [2.45, 2.75) is 12.1 Å². The standard InChI is InChI=1S/C12H14N4O7/c1-15-8-7(9(18)14-12(15)21)16(4-17)6(11(20)23-3)5(13-8)10(19)22-2/h4-6,13H,1-3H3,(H,14,18,21). The van der Waals surface area contributed by atoms with Crippen LogP contribution in [-0.2, 0) is 30.9 Å². The molecule has 23 heavy (non-hydrogen) atoms. The first-order valence-electron chi connectivity index (χ1n) is 6.36. The maximum atomic E-state index is 12.0. The molecule has 0 bridgehead atoms. The Kier molecular flexibility index (Phi) is 4.20. The normalized spacial score (nSPS) is 19.3. The predicted molar refractivity (Wildman–Crippen MR) is 76.1 cm³/mol. The van der Waals surface area contributed by atoms with E-state index in [2.05, 4.69) is 14.8 Å². The van der Waals surface area contributed by atoms with Crippen LogP contribution in [0.4, 0.5) is 11.5 Å². The second-order valence-corrected chi connectivity index (χ2v) is 4.64. The van der Waals surface area contributed by atoms with E-state index in [1.165, 1.54) is 7.05 Å². The number of esters is 2. The van der Waals surface area contributed by atoms with Crippen LogP contribution in [0.15, 0.2) is 9.59 Å². The van der Waals surface area contributed by atoms with Gasteiger partial charge in [-0.3, -0.25) is 24.0 Å². The first-order valence-corrected chi connectivity index (χ1v) is 6.36. The number of carbonyl (C=O) groups is 3. The highest BCUT2D eigenvalue weighted by Crippen LogP contribution is 2.29. The number of nitrogens with zero attached hydrogens (tertiary/aromatic N) is 2. The van der Waals surface area contributed by atoms with Crippen LogP contribution in [-0.4, -0.2) is 54.2 Å². The number of H-pyrrole nitrogens is 1. The topological polar surface area (TPSA) is 140 Å². The number of anilines is 2. The Bertz CT molecular complexity index is 781. The lowest BCUT2D eigenvalue weighted by molar-refractivity contribution is -0.150. The molecule has 1 aromatic rings. The SMILES string of the molecule is COC(=O)C1Nc2c(c(=O)[nH]c(=O)n2C)N(C=O)C1C(=O)OC. The summed E-state index contributed by atoms with van der Waals surface area (Å²) >= 11 is 0. The van der Waals surface area contributed by atoms with E-state index in [-0.39, 0.29) is 17.9 Å². The zero-order valence-electron chi connectivity index (χ0n) is 12.5. The minimum atomic E-state index is -1.46. The molecule has 1 aliphatic rings. The number of ether oxygens (including phenoxy) is 2. The molecule has 124 valence electrons. The zero-order chi connectivity index (χ0) is 17.3. The number of rotatable bonds is 3. The summed E-state index contributed by atoms with van der Waals surface area (Å²) in [6.07, 6.45) is 0.205. The van der Waals surface area contributed by atoms with Crippen molar-refractivity contribution in [1.82, 2.24) is 9.55 Å². The van der Waals surface area contributed by atoms with E-state index in [1.54, 1.807) is 0 Å². The summed E-state index contributed by atoms with van der Waals surface area (Å²) in [4.78, 5) is 61.8. The van der Waals surface area contributed by atoms with Crippen molar-refractivity contribution >= 4 is 29.9 Å². The van der Waals surface area contributed by atoms with Crippen molar-refractivity contribution in [3.8, 4) is 0 Å². The number of methoxy groups -OCH3 is 2. The van der Waals surface area contributed by atoms with Crippen LogP contribution >= 0.6 is 0 Å². The molecule has 2 unspecified atom stereocenters. The van der Waals surface area contributed by atoms with E-state index in [9.17, 15) is 24.0 Å². The van der Waals surface area contributed by atoms with Crippen LogP contribution in [0, 0.1) is 0 Å². The van der Waals surface area contributed by atoms with Gasteiger partial charge in [-0.25, -0.2) is 14.4 Å². The largest absolute Gasteiger partial charge is 0.467 e. The Balaban J connectivity index is 2.76. The summed E-state index contributed by atoms with van der Waals surface area (Å²) in [6, 6.07) is -2.81. The molecule has 1 aliphatic heterocycles. The third-order valence-corrected chi connectivity index (χ3v) is 3.48. The maximum absolute atomic E-state index is 12.0. The second kappa shape index (κ2) is 5.94. The molecule has 1 aromatic heterocycles. The summed E-state index contributed by atoms with van der Waals surface area (Å²) in [5, 5.41) is 2.59. The molecule has 0 aromatic carbocycles. The summed E-state index contributed by atoms with van der Waals surface area (Å²) in [7, 11) is 3.48. The quantitative estimate of drug-likeness (QED) is 0.460. The Morgan fingerprint density at radius 3 is 2.30 bits per heavy atom. The fraction of sp³-hybridized carbons (Fsp3) is 0.417. The van der Waals surface area contributed by atoms with Crippen LogP contribution in [0.2, 0.25) is 0 Å². The Labute approximate surface area is 128 Å². The van der Waals surface area contributed by atoms with E-state index < -0.39 is 35.3 Å². The van der Waals surface area contributed by atoms with Crippen LogP contribution in [0.5, 0.6) is 0 Å². The zero-order valence-corrected chi connectivity index (χ0v) is 12.5. The van der Waals surface area contributed by atoms with Gasteiger partial charge in [0, 0.05) is 7.05 Å². The molecule has 2 atom stereocenters. The minimum absolute atomic E-state index is 0.0959. The number of aromatic nitrogens is 2. The molecule has 2 rings (SSSR count). The molecule has 11 nitrogen and oxygen atoms in total. The van der Waals surface area contributed by atoms with Gasteiger partial charge in [0.15, 0.2) is 17.8 Å². The lowest BCUT2D eigenvalue weighted by Gasteiger charge is -2.37. The lowest BCUT2D eigenvalue weighted by atomic mass is 10.0. The van der Waals surface area contributed by atoms with Crippen LogP contribution < -0.4 is 21.5 Å². The molecular weight excluding hydrogens is 312 g/mol. The summed E-state index contributed by atoms with van der Waals surface area (Å²) in [5.41, 5.74) is -1.93. The molecule has 1 amide bonds. The average molecular weight is 326 g/mol. The summed E-state index contributed by atoms with van der Waals surface area (Å²) < 4.78 is 10.2. The molecule has 0 saturated carbocycles. The van der Waals surface area contributed by atoms with Gasteiger partial charge >= 0.3 is 17.6 Å². The van der Waals surface area contributed by atoms with Gasteiger partial charge in [0.1, 0.15) is 5.82 Å². The van der Waals surface area contributed by atoms with Crippen LogP contribution in [0.3, 0.4) is 0 Å². The first kappa shape index (κ1) is 16.3. The Morgan fingerprint density at radius 1 is 1.17 bits per heavy atom. The molecule has 2 heterocycles. The van der Waals surface area contributed by atoms with Crippen molar-refractivity contribution in [3.63, 3.8) is 0 Å². The highest BCUT2D eigenvalue weighted by Gasteiger charge is 2.46. The molecule has 11 heteroatoms. The smallest absolute Gasteiger partial charge is 0.331 e. The number of carbonyl (C=O) groups excluding carboxylic acids is 3. The molecule has 0 saturated heterocycles. The van der Waals surface area contributed by atoms with Crippen molar-refractivity contribution in [2.75, 3.05) is 24.4 Å². The monoisotopic (exact) mass is 326 g/mol. The first-order chi connectivity index (χ1) is 10.9.